The molecule has 3 heterocycles. The number of thiazole rings is 1. The van der Waals surface area contributed by atoms with E-state index >= 15 is 0 Å². The van der Waals surface area contributed by atoms with Crippen molar-refractivity contribution >= 4 is 32.7 Å². The summed E-state index contributed by atoms with van der Waals surface area (Å²) in [6, 6.07) is 9.94. The fraction of sp³-hybridized carbons (Fsp3) is 0.278. The van der Waals surface area contributed by atoms with Crippen molar-refractivity contribution in [2.24, 2.45) is 5.92 Å². The van der Waals surface area contributed by atoms with Gasteiger partial charge in [-0.05, 0) is 42.5 Å². The third kappa shape index (κ3) is 2.97. The van der Waals surface area contributed by atoms with Gasteiger partial charge in [-0.3, -0.25) is 4.98 Å². The summed E-state index contributed by atoms with van der Waals surface area (Å²) in [5, 5.41) is 10.2. The van der Waals surface area contributed by atoms with Crippen LogP contribution >= 0.6 is 11.3 Å². The van der Waals surface area contributed by atoms with Crippen LogP contribution in [0.4, 0.5) is 5.13 Å². The maximum absolute atomic E-state index is 11.1. The molecule has 0 radical (unpaired) electrons. The lowest BCUT2D eigenvalue weighted by Gasteiger charge is -2.14. The van der Waals surface area contributed by atoms with Crippen molar-refractivity contribution in [3.8, 4) is 0 Å². The number of pyridine rings is 1. The SMILES string of the molecule is O=C(O)c1cncc(CC2CCN(c3nc4ccccc4s3)C2)c1. The number of hydrogen-bond donors (Lipinski definition) is 1. The first kappa shape index (κ1) is 15.1. The van der Waals surface area contributed by atoms with Crippen molar-refractivity contribution in [1.82, 2.24) is 9.97 Å². The first-order valence-corrected chi connectivity index (χ1v) is 8.78. The molecule has 1 aromatic carbocycles. The second kappa shape index (κ2) is 6.20. The molecule has 0 amide bonds. The van der Waals surface area contributed by atoms with Crippen LogP contribution in [-0.4, -0.2) is 34.1 Å². The Morgan fingerprint density at radius 3 is 3.04 bits per heavy atom. The van der Waals surface area contributed by atoms with Crippen LogP contribution in [0.1, 0.15) is 22.3 Å². The van der Waals surface area contributed by atoms with Gasteiger partial charge in [-0.15, -0.1) is 0 Å². The van der Waals surface area contributed by atoms with E-state index in [1.54, 1.807) is 23.6 Å². The molecule has 2 aromatic heterocycles. The van der Waals surface area contributed by atoms with Crippen molar-refractivity contribution in [2.45, 2.75) is 12.8 Å². The number of aromatic nitrogens is 2. The summed E-state index contributed by atoms with van der Waals surface area (Å²) in [6.07, 6.45) is 5.11. The van der Waals surface area contributed by atoms with Crippen LogP contribution in [-0.2, 0) is 6.42 Å². The minimum absolute atomic E-state index is 0.258. The number of hydrogen-bond acceptors (Lipinski definition) is 5. The molecular formula is C18H17N3O2S. The van der Waals surface area contributed by atoms with Crippen molar-refractivity contribution in [3.05, 3.63) is 53.9 Å². The first-order chi connectivity index (χ1) is 11.7. The Morgan fingerprint density at radius 1 is 1.33 bits per heavy atom. The van der Waals surface area contributed by atoms with Gasteiger partial charge in [-0.25, -0.2) is 9.78 Å². The Bertz CT molecular complexity index is 860. The number of rotatable bonds is 4. The van der Waals surface area contributed by atoms with Gasteiger partial charge in [0.15, 0.2) is 5.13 Å². The normalized spacial score (nSPS) is 17.5. The maximum atomic E-state index is 11.1. The third-order valence-electron chi connectivity index (χ3n) is 4.41. The van der Waals surface area contributed by atoms with Gasteiger partial charge < -0.3 is 10.0 Å². The number of fused-ring (bicyclic) bond motifs is 1. The fourth-order valence-electron chi connectivity index (χ4n) is 3.22. The number of nitrogens with zero attached hydrogens (tertiary/aromatic N) is 3. The summed E-state index contributed by atoms with van der Waals surface area (Å²) < 4.78 is 1.22. The Kier molecular flexibility index (Phi) is 3.90. The molecule has 4 rings (SSSR count). The van der Waals surface area contributed by atoms with Gasteiger partial charge in [0.25, 0.3) is 0 Å². The number of carbonyl (C=O) groups is 1. The molecule has 1 aliphatic heterocycles. The zero-order valence-corrected chi connectivity index (χ0v) is 13.9. The number of para-hydroxylation sites is 1. The second-order valence-corrected chi connectivity index (χ2v) is 7.17. The summed E-state index contributed by atoms with van der Waals surface area (Å²) >= 11 is 1.73. The average Bonchev–Trinajstić information content (AvgIpc) is 3.21. The number of benzene rings is 1. The predicted molar refractivity (Wildman–Crippen MR) is 94.8 cm³/mol. The summed E-state index contributed by atoms with van der Waals surface area (Å²) in [7, 11) is 0. The highest BCUT2D eigenvalue weighted by atomic mass is 32.1. The molecule has 5 nitrogen and oxygen atoms in total. The molecule has 24 heavy (non-hydrogen) atoms. The molecule has 1 N–H and O–H groups in total. The zero-order chi connectivity index (χ0) is 16.5. The number of anilines is 1. The van der Waals surface area contributed by atoms with E-state index in [-0.39, 0.29) is 5.56 Å². The molecule has 1 unspecified atom stereocenters. The highest BCUT2D eigenvalue weighted by molar-refractivity contribution is 7.22. The molecule has 0 spiro atoms. The van der Waals surface area contributed by atoms with Gasteiger partial charge in [0.05, 0.1) is 15.8 Å². The van der Waals surface area contributed by atoms with E-state index in [0.29, 0.717) is 5.92 Å². The van der Waals surface area contributed by atoms with E-state index < -0.39 is 5.97 Å². The second-order valence-electron chi connectivity index (χ2n) is 6.16. The van der Waals surface area contributed by atoms with Gasteiger partial charge >= 0.3 is 5.97 Å². The largest absolute Gasteiger partial charge is 0.478 e. The van der Waals surface area contributed by atoms with Crippen LogP contribution in [0.5, 0.6) is 0 Å². The predicted octanol–water partition coefficient (Wildman–Crippen LogP) is 3.46. The van der Waals surface area contributed by atoms with Crippen LogP contribution in [0.15, 0.2) is 42.7 Å². The van der Waals surface area contributed by atoms with Gasteiger partial charge in [0.1, 0.15) is 0 Å². The van der Waals surface area contributed by atoms with Gasteiger partial charge in [0.2, 0.25) is 0 Å². The Labute approximate surface area is 143 Å². The monoisotopic (exact) mass is 339 g/mol. The fourth-order valence-corrected chi connectivity index (χ4v) is 4.22. The van der Waals surface area contributed by atoms with Crippen molar-refractivity contribution in [3.63, 3.8) is 0 Å². The number of carboxylic acid groups (broad SMARTS) is 1. The Morgan fingerprint density at radius 2 is 2.21 bits per heavy atom. The highest BCUT2D eigenvalue weighted by Gasteiger charge is 2.25. The van der Waals surface area contributed by atoms with Crippen LogP contribution < -0.4 is 4.90 Å². The zero-order valence-electron chi connectivity index (χ0n) is 13.1. The van der Waals surface area contributed by atoms with E-state index in [0.717, 1.165) is 42.1 Å². The molecule has 0 aliphatic carbocycles. The maximum Gasteiger partial charge on any atom is 0.337 e. The van der Waals surface area contributed by atoms with Gasteiger partial charge in [0, 0.05) is 25.5 Å². The van der Waals surface area contributed by atoms with Gasteiger partial charge in [-0.2, -0.15) is 0 Å². The van der Waals surface area contributed by atoms with E-state index in [9.17, 15) is 4.79 Å². The molecule has 6 heteroatoms. The lowest BCUT2D eigenvalue weighted by Crippen LogP contribution is -2.20. The van der Waals surface area contributed by atoms with E-state index in [1.807, 2.05) is 18.2 Å². The first-order valence-electron chi connectivity index (χ1n) is 7.97. The molecule has 1 aliphatic rings. The molecule has 3 aromatic rings. The summed E-state index contributed by atoms with van der Waals surface area (Å²) in [6.45, 7) is 1.95. The Hall–Kier alpha value is -2.47. The molecule has 122 valence electrons. The topological polar surface area (TPSA) is 66.3 Å². The molecule has 1 fully saturated rings. The van der Waals surface area contributed by atoms with Crippen molar-refractivity contribution < 1.29 is 9.90 Å². The highest BCUT2D eigenvalue weighted by Crippen LogP contribution is 2.32. The van der Waals surface area contributed by atoms with Crippen LogP contribution in [0.25, 0.3) is 10.2 Å². The lowest BCUT2D eigenvalue weighted by atomic mass is 9.99. The smallest absolute Gasteiger partial charge is 0.337 e. The van der Waals surface area contributed by atoms with Crippen molar-refractivity contribution in [2.75, 3.05) is 18.0 Å². The minimum atomic E-state index is -0.924. The Balaban J connectivity index is 1.46. The summed E-state index contributed by atoms with van der Waals surface area (Å²) in [5.41, 5.74) is 2.30. The summed E-state index contributed by atoms with van der Waals surface area (Å²) in [4.78, 5) is 22.2. The number of aromatic carboxylic acids is 1. The van der Waals surface area contributed by atoms with Crippen LogP contribution in [0.2, 0.25) is 0 Å². The third-order valence-corrected chi connectivity index (χ3v) is 5.50. The number of carboxylic acids is 1. The quantitative estimate of drug-likeness (QED) is 0.788. The van der Waals surface area contributed by atoms with E-state index in [4.69, 9.17) is 10.1 Å². The molecule has 0 saturated carbocycles. The molecular weight excluding hydrogens is 322 g/mol. The van der Waals surface area contributed by atoms with Crippen LogP contribution in [0.3, 0.4) is 0 Å². The van der Waals surface area contributed by atoms with Crippen LogP contribution in [0, 0.1) is 5.92 Å². The van der Waals surface area contributed by atoms with E-state index in [1.165, 1.54) is 10.9 Å². The molecule has 1 saturated heterocycles. The summed E-state index contributed by atoms with van der Waals surface area (Å²) in [5.74, 6) is -0.422. The van der Waals surface area contributed by atoms with Crippen molar-refractivity contribution in [1.29, 1.82) is 0 Å². The standard InChI is InChI=1S/C18H17N3O2S/c22-17(23)14-8-13(9-19-10-14)7-12-5-6-21(11-12)18-20-15-3-1-2-4-16(15)24-18/h1-4,8-10,12H,5-7,11H2,(H,22,23). The lowest BCUT2D eigenvalue weighted by molar-refractivity contribution is 0.0696. The van der Waals surface area contributed by atoms with E-state index in [2.05, 4.69) is 16.0 Å². The average molecular weight is 339 g/mol. The minimum Gasteiger partial charge on any atom is -0.478 e. The van der Waals surface area contributed by atoms with Gasteiger partial charge in [-0.1, -0.05) is 23.5 Å². The molecule has 1 atom stereocenters. The molecule has 0 bridgehead atoms.